The van der Waals surface area contributed by atoms with Crippen LogP contribution in [0.2, 0.25) is 0 Å². The van der Waals surface area contributed by atoms with Gasteiger partial charge >= 0.3 is 0 Å². The summed E-state index contributed by atoms with van der Waals surface area (Å²) in [5.41, 5.74) is 1.96. The van der Waals surface area contributed by atoms with E-state index < -0.39 is 0 Å². The van der Waals surface area contributed by atoms with E-state index >= 15 is 0 Å². The van der Waals surface area contributed by atoms with E-state index in [1.54, 1.807) is 14.2 Å². The van der Waals surface area contributed by atoms with Crippen LogP contribution in [0.4, 0.5) is 5.69 Å². The lowest BCUT2D eigenvalue weighted by atomic mass is 10.2. The second-order valence-corrected chi connectivity index (χ2v) is 6.43. The Morgan fingerprint density at radius 3 is 2.48 bits per heavy atom. The molecular weight excluding hydrogens is 342 g/mol. The minimum absolute atomic E-state index is 0.631. The van der Waals surface area contributed by atoms with Gasteiger partial charge in [-0.05, 0) is 24.3 Å². The summed E-state index contributed by atoms with van der Waals surface area (Å²) in [6, 6.07) is 13.8. The van der Waals surface area contributed by atoms with Crippen LogP contribution < -0.4 is 19.1 Å². The average molecular weight is 369 g/mol. The molecule has 0 aromatic heterocycles. The van der Waals surface area contributed by atoms with Crippen molar-refractivity contribution in [3.05, 3.63) is 48.0 Å². The molecule has 6 nitrogen and oxygen atoms in total. The van der Waals surface area contributed by atoms with Crippen LogP contribution in [0.1, 0.15) is 5.56 Å². The minimum Gasteiger partial charge on any atom is -0.497 e. The third-order valence-corrected chi connectivity index (χ3v) is 4.83. The van der Waals surface area contributed by atoms with E-state index in [9.17, 15) is 0 Å². The van der Waals surface area contributed by atoms with Crippen molar-refractivity contribution in [3.63, 3.8) is 0 Å². The summed E-state index contributed by atoms with van der Waals surface area (Å²) in [5, 5.41) is 7.37. The number of benzene rings is 2. The maximum atomic E-state index is 7.37. The first-order chi connectivity index (χ1) is 13.2. The van der Waals surface area contributed by atoms with Crippen molar-refractivity contribution < 1.29 is 14.2 Å². The van der Waals surface area contributed by atoms with Crippen LogP contribution in [0, 0.1) is 5.41 Å². The van der Waals surface area contributed by atoms with Crippen molar-refractivity contribution in [3.8, 4) is 17.2 Å². The molecule has 0 amide bonds. The standard InChI is InChI=1S/C21H27N3O3/c1-25-19-5-3-4-18(14-19)24-10-8-23(9-11-24)12-13-27-20-7-6-17(16-22)21(15-20)26-2/h3-7,14-16,22H,8-13H2,1-2H3. The van der Waals surface area contributed by atoms with Crippen LogP contribution in [0.5, 0.6) is 17.2 Å². The van der Waals surface area contributed by atoms with Crippen molar-refractivity contribution in [2.24, 2.45) is 0 Å². The third kappa shape index (κ3) is 4.92. The van der Waals surface area contributed by atoms with Gasteiger partial charge in [-0.2, -0.15) is 0 Å². The van der Waals surface area contributed by atoms with Gasteiger partial charge in [0.05, 0.1) is 14.2 Å². The molecule has 0 unspecified atom stereocenters. The molecule has 1 N–H and O–H groups in total. The number of piperazine rings is 1. The van der Waals surface area contributed by atoms with Gasteiger partial charge in [-0.1, -0.05) is 6.07 Å². The van der Waals surface area contributed by atoms with Crippen molar-refractivity contribution in [2.45, 2.75) is 0 Å². The SMILES string of the molecule is COc1cccc(N2CCN(CCOc3ccc(C=N)c(OC)c3)CC2)c1. The Morgan fingerprint density at radius 1 is 0.963 bits per heavy atom. The molecule has 3 rings (SSSR count). The van der Waals surface area contributed by atoms with Crippen LogP contribution in [0.25, 0.3) is 0 Å². The summed E-state index contributed by atoms with van der Waals surface area (Å²) in [5.74, 6) is 2.33. The van der Waals surface area contributed by atoms with Gasteiger partial charge in [0.1, 0.15) is 23.9 Å². The molecule has 144 valence electrons. The summed E-state index contributed by atoms with van der Waals surface area (Å²) >= 11 is 0. The van der Waals surface area contributed by atoms with Gasteiger partial charge in [0.15, 0.2) is 0 Å². The van der Waals surface area contributed by atoms with Gasteiger partial charge in [0, 0.05) is 62.3 Å². The maximum Gasteiger partial charge on any atom is 0.131 e. The van der Waals surface area contributed by atoms with Crippen molar-refractivity contribution in [1.82, 2.24) is 4.90 Å². The number of anilines is 1. The zero-order chi connectivity index (χ0) is 19.1. The fourth-order valence-electron chi connectivity index (χ4n) is 3.23. The van der Waals surface area contributed by atoms with E-state index in [0.29, 0.717) is 12.4 Å². The number of ether oxygens (including phenoxy) is 3. The van der Waals surface area contributed by atoms with Crippen LogP contribution in [0.15, 0.2) is 42.5 Å². The van der Waals surface area contributed by atoms with Crippen LogP contribution >= 0.6 is 0 Å². The molecular formula is C21H27N3O3. The second kappa shape index (κ2) is 9.28. The Labute approximate surface area is 160 Å². The van der Waals surface area contributed by atoms with E-state index in [1.807, 2.05) is 30.3 Å². The van der Waals surface area contributed by atoms with Crippen LogP contribution in [-0.2, 0) is 0 Å². The van der Waals surface area contributed by atoms with Crippen molar-refractivity contribution in [1.29, 1.82) is 5.41 Å². The number of nitrogens with one attached hydrogen (secondary N) is 1. The number of rotatable bonds is 8. The lowest BCUT2D eigenvalue weighted by Gasteiger charge is -2.36. The van der Waals surface area contributed by atoms with E-state index in [0.717, 1.165) is 49.8 Å². The molecule has 27 heavy (non-hydrogen) atoms. The van der Waals surface area contributed by atoms with E-state index in [4.69, 9.17) is 19.6 Å². The predicted molar refractivity (Wildman–Crippen MR) is 108 cm³/mol. The molecule has 0 bridgehead atoms. The Morgan fingerprint density at radius 2 is 1.78 bits per heavy atom. The largest absolute Gasteiger partial charge is 0.497 e. The zero-order valence-electron chi connectivity index (χ0n) is 16.0. The zero-order valence-corrected chi connectivity index (χ0v) is 16.0. The molecule has 1 saturated heterocycles. The molecule has 6 heteroatoms. The molecule has 0 saturated carbocycles. The maximum absolute atomic E-state index is 7.37. The first kappa shape index (κ1) is 19.0. The highest BCUT2D eigenvalue weighted by molar-refractivity contribution is 5.81. The molecule has 2 aromatic carbocycles. The molecule has 0 atom stereocenters. The van der Waals surface area contributed by atoms with Crippen LogP contribution in [0.3, 0.4) is 0 Å². The van der Waals surface area contributed by atoms with Gasteiger partial charge < -0.3 is 24.5 Å². The number of nitrogens with zero attached hydrogens (tertiary/aromatic N) is 2. The normalized spacial score (nSPS) is 14.7. The Hall–Kier alpha value is -2.73. The molecule has 1 aliphatic rings. The van der Waals surface area contributed by atoms with E-state index in [-0.39, 0.29) is 0 Å². The molecule has 0 aliphatic carbocycles. The highest BCUT2D eigenvalue weighted by Gasteiger charge is 2.17. The second-order valence-electron chi connectivity index (χ2n) is 6.43. The summed E-state index contributed by atoms with van der Waals surface area (Å²) < 4.78 is 16.5. The highest BCUT2D eigenvalue weighted by atomic mass is 16.5. The fraction of sp³-hybridized carbons (Fsp3) is 0.381. The summed E-state index contributed by atoms with van der Waals surface area (Å²) in [7, 11) is 3.30. The van der Waals surface area contributed by atoms with Crippen molar-refractivity contribution >= 4 is 11.9 Å². The fourth-order valence-corrected chi connectivity index (χ4v) is 3.23. The van der Waals surface area contributed by atoms with Gasteiger partial charge in [-0.3, -0.25) is 4.90 Å². The molecule has 0 spiro atoms. The molecule has 2 aromatic rings. The smallest absolute Gasteiger partial charge is 0.131 e. The van der Waals surface area contributed by atoms with E-state index in [2.05, 4.69) is 21.9 Å². The molecule has 0 radical (unpaired) electrons. The molecule has 1 fully saturated rings. The average Bonchev–Trinajstić information content (AvgIpc) is 2.74. The Balaban J connectivity index is 1.45. The first-order valence-electron chi connectivity index (χ1n) is 9.16. The number of hydrogen-bond donors (Lipinski definition) is 1. The summed E-state index contributed by atoms with van der Waals surface area (Å²) in [6.07, 6.45) is 1.28. The van der Waals surface area contributed by atoms with Gasteiger partial charge in [0.2, 0.25) is 0 Å². The molecule has 1 aliphatic heterocycles. The highest BCUT2D eigenvalue weighted by Crippen LogP contribution is 2.24. The van der Waals surface area contributed by atoms with Crippen LogP contribution in [-0.4, -0.2) is 64.7 Å². The molecule has 1 heterocycles. The number of hydrogen-bond acceptors (Lipinski definition) is 6. The number of methoxy groups -OCH3 is 2. The monoisotopic (exact) mass is 369 g/mol. The third-order valence-electron chi connectivity index (χ3n) is 4.83. The topological polar surface area (TPSA) is 58.0 Å². The minimum atomic E-state index is 0.631. The first-order valence-corrected chi connectivity index (χ1v) is 9.16. The van der Waals surface area contributed by atoms with Gasteiger partial charge in [0.25, 0.3) is 0 Å². The summed E-state index contributed by atoms with van der Waals surface area (Å²) in [6.45, 7) is 5.53. The summed E-state index contributed by atoms with van der Waals surface area (Å²) in [4.78, 5) is 4.81. The Bertz CT molecular complexity index is 758. The van der Waals surface area contributed by atoms with E-state index in [1.165, 1.54) is 11.9 Å². The lowest BCUT2D eigenvalue weighted by Crippen LogP contribution is -2.47. The quantitative estimate of drug-likeness (QED) is 0.725. The lowest BCUT2D eigenvalue weighted by molar-refractivity contribution is 0.200. The van der Waals surface area contributed by atoms with Crippen molar-refractivity contribution in [2.75, 3.05) is 58.5 Å². The predicted octanol–water partition coefficient (Wildman–Crippen LogP) is 2.90. The van der Waals surface area contributed by atoms with Gasteiger partial charge in [-0.15, -0.1) is 0 Å². The Kier molecular flexibility index (Phi) is 6.54. The van der Waals surface area contributed by atoms with Gasteiger partial charge in [-0.25, -0.2) is 0 Å².